The molecule has 0 atom stereocenters. The number of nitrogens with one attached hydrogen (secondary N) is 2. The Morgan fingerprint density at radius 3 is 2.34 bits per heavy atom. The molecule has 1 saturated heterocycles. The predicted molar refractivity (Wildman–Crippen MR) is 245 cm³/mol. The third-order valence-corrected chi connectivity index (χ3v) is 14.5. The van der Waals surface area contributed by atoms with Crippen LogP contribution in [0, 0.1) is 32.1 Å². The summed E-state index contributed by atoms with van der Waals surface area (Å²) in [5.74, 6) is 0.165. The summed E-state index contributed by atoms with van der Waals surface area (Å²) in [5.41, 5.74) is 4.01. The Kier molecular flexibility index (Phi) is 14.3. The Balaban J connectivity index is 1.01. The van der Waals surface area contributed by atoms with Gasteiger partial charge < -0.3 is 24.6 Å². The average molecular weight is 917 g/mol. The van der Waals surface area contributed by atoms with Gasteiger partial charge in [0.05, 0.1) is 51.5 Å². The lowest BCUT2D eigenvalue weighted by Gasteiger charge is -2.26. The summed E-state index contributed by atoms with van der Waals surface area (Å²) in [6, 6.07) is 32.9. The molecule has 0 saturated carbocycles. The average Bonchev–Trinajstić information content (AvgIpc) is 3.73. The number of carbonyl (C=O) groups is 2. The summed E-state index contributed by atoms with van der Waals surface area (Å²) in [6.45, 7) is 5.79. The van der Waals surface area contributed by atoms with Gasteiger partial charge in [0.15, 0.2) is 5.75 Å². The zero-order valence-corrected chi connectivity index (χ0v) is 37.7. The van der Waals surface area contributed by atoms with Gasteiger partial charge in [0.25, 0.3) is 10.0 Å². The first-order valence-electron chi connectivity index (χ1n) is 20.9. The summed E-state index contributed by atoms with van der Waals surface area (Å²) in [7, 11) is -8.04. The number of nitriles is 1. The van der Waals surface area contributed by atoms with Crippen molar-refractivity contribution in [1.29, 1.82) is 5.26 Å². The fourth-order valence-electron chi connectivity index (χ4n) is 7.31. The van der Waals surface area contributed by atoms with Crippen molar-refractivity contribution in [2.45, 2.75) is 62.8 Å². The number of esters is 1. The highest BCUT2D eigenvalue weighted by atomic mass is 32.2. The van der Waals surface area contributed by atoms with Crippen LogP contribution in [0.15, 0.2) is 130 Å². The van der Waals surface area contributed by atoms with Crippen LogP contribution in [-0.4, -0.2) is 64.4 Å². The first-order chi connectivity index (χ1) is 31.2. The number of anilines is 3. The van der Waals surface area contributed by atoms with E-state index in [1.54, 1.807) is 118 Å². The van der Waals surface area contributed by atoms with E-state index in [2.05, 4.69) is 15.8 Å². The van der Waals surface area contributed by atoms with Crippen molar-refractivity contribution in [1.82, 2.24) is 9.46 Å². The molecule has 65 heavy (non-hydrogen) atoms. The maximum atomic E-state index is 14.5. The number of ether oxygens (including phenoxy) is 2. The largest absolute Gasteiger partial charge is 0.462 e. The van der Waals surface area contributed by atoms with E-state index in [0.29, 0.717) is 75.4 Å². The van der Waals surface area contributed by atoms with Gasteiger partial charge in [-0.05, 0) is 123 Å². The Hall–Kier alpha value is -7.00. The number of para-hydroxylation sites is 1. The van der Waals surface area contributed by atoms with Crippen LogP contribution in [0.5, 0.6) is 11.5 Å². The van der Waals surface area contributed by atoms with E-state index in [9.17, 15) is 31.7 Å². The lowest BCUT2D eigenvalue weighted by atomic mass is 10.1. The van der Waals surface area contributed by atoms with Gasteiger partial charge >= 0.3 is 5.97 Å². The van der Waals surface area contributed by atoms with Crippen molar-refractivity contribution < 1.29 is 40.4 Å². The number of hydrogen-bond donors (Lipinski definition) is 2. The molecule has 1 fully saturated rings. The standard InChI is InChI=1S/C48H48N6O9S2/c1-33-10-5-6-13-44(33)54(32-47(55)51-39-12-9-11-37(27-39)30-49)65(59,60)46-28-36(15-14-34(46)2)22-25-61-48(56)38-16-18-41(19-17-38)62-45-21-20-42(64(57,58)53-23-7-4-8-24-53)29-43(45)50-31-40-26-35(3)63-52-40/h5-6,9-21,26-29,50H,4,7-8,22-25,31-32H2,1-3H3,(H,51,55). The van der Waals surface area contributed by atoms with Crippen LogP contribution in [0.2, 0.25) is 0 Å². The molecular formula is C48H48N6O9S2. The van der Waals surface area contributed by atoms with Crippen LogP contribution in [-0.2, 0) is 42.5 Å². The summed E-state index contributed by atoms with van der Waals surface area (Å²) in [6.07, 6.45) is 2.81. The van der Waals surface area contributed by atoms with Gasteiger partial charge in [0.2, 0.25) is 15.9 Å². The first-order valence-corrected chi connectivity index (χ1v) is 23.8. The van der Waals surface area contributed by atoms with Gasteiger partial charge in [0.1, 0.15) is 23.7 Å². The Morgan fingerprint density at radius 2 is 1.62 bits per heavy atom. The van der Waals surface area contributed by atoms with Crippen LogP contribution >= 0.6 is 0 Å². The molecule has 2 N–H and O–H groups in total. The third-order valence-electron chi connectivity index (χ3n) is 10.7. The molecule has 0 spiro atoms. The highest BCUT2D eigenvalue weighted by molar-refractivity contribution is 7.93. The highest BCUT2D eigenvalue weighted by Crippen LogP contribution is 2.34. The number of rotatable bonds is 17. The minimum Gasteiger partial charge on any atom is -0.462 e. The summed E-state index contributed by atoms with van der Waals surface area (Å²) < 4.78 is 75.5. The molecule has 336 valence electrons. The Morgan fingerprint density at radius 1 is 0.846 bits per heavy atom. The number of benzene rings is 5. The van der Waals surface area contributed by atoms with Crippen molar-refractivity contribution in [2.75, 3.05) is 41.2 Å². The topological polar surface area (TPSA) is 201 Å². The zero-order valence-electron chi connectivity index (χ0n) is 36.1. The maximum absolute atomic E-state index is 14.5. The van der Waals surface area contributed by atoms with E-state index in [0.717, 1.165) is 23.6 Å². The fourth-order valence-corrected chi connectivity index (χ4v) is 10.6. The maximum Gasteiger partial charge on any atom is 0.338 e. The lowest BCUT2D eigenvalue weighted by Crippen LogP contribution is -2.39. The predicted octanol–water partition coefficient (Wildman–Crippen LogP) is 8.28. The fraction of sp³-hybridized carbons (Fsp3) is 0.250. The Labute approximate surface area is 378 Å². The molecule has 15 nitrogen and oxygen atoms in total. The van der Waals surface area contributed by atoms with E-state index >= 15 is 0 Å². The van der Waals surface area contributed by atoms with Gasteiger partial charge in [-0.1, -0.05) is 48.0 Å². The highest BCUT2D eigenvalue weighted by Gasteiger charge is 2.31. The second-order valence-electron chi connectivity index (χ2n) is 15.6. The smallest absolute Gasteiger partial charge is 0.338 e. The van der Waals surface area contributed by atoms with E-state index < -0.39 is 38.5 Å². The number of aryl methyl sites for hydroxylation is 3. The summed E-state index contributed by atoms with van der Waals surface area (Å²) in [4.78, 5) is 26.6. The van der Waals surface area contributed by atoms with E-state index in [-0.39, 0.29) is 34.9 Å². The van der Waals surface area contributed by atoms with Gasteiger partial charge in [-0.3, -0.25) is 9.10 Å². The molecule has 0 bridgehead atoms. The van der Waals surface area contributed by atoms with Crippen LogP contribution in [0.4, 0.5) is 17.1 Å². The minimum atomic E-state index is -4.31. The van der Waals surface area contributed by atoms with Crippen molar-refractivity contribution in [3.8, 4) is 17.6 Å². The third kappa shape index (κ3) is 11.2. The van der Waals surface area contributed by atoms with Crippen molar-refractivity contribution >= 4 is 49.0 Å². The van der Waals surface area contributed by atoms with Gasteiger partial charge in [-0.15, -0.1) is 0 Å². The van der Waals surface area contributed by atoms with Gasteiger partial charge in [-0.25, -0.2) is 21.6 Å². The van der Waals surface area contributed by atoms with Crippen LogP contribution in [0.3, 0.4) is 0 Å². The minimum absolute atomic E-state index is 0.00990. The van der Waals surface area contributed by atoms with E-state index in [1.165, 1.54) is 22.5 Å². The molecule has 1 aliphatic heterocycles. The SMILES string of the molecule is Cc1cc(CNc2cc(S(=O)(=O)N3CCCCC3)ccc2Oc2ccc(C(=O)OCCc3ccc(C)c(S(=O)(=O)N(CC(=O)Nc4cccc(C#N)c4)c4ccccc4C)c3)cc2)no1. The molecule has 0 radical (unpaired) electrons. The molecule has 7 rings (SSSR count). The molecule has 1 aliphatic rings. The molecule has 5 aromatic carbocycles. The number of sulfonamides is 2. The number of amides is 1. The summed E-state index contributed by atoms with van der Waals surface area (Å²) >= 11 is 0. The number of carbonyl (C=O) groups excluding carboxylic acids is 2. The molecule has 6 aromatic rings. The van der Waals surface area contributed by atoms with Crippen molar-refractivity contribution in [3.63, 3.8) is 0 Å². The molecule has 0 unspecified atom stereocenters. The monoisotopic (exact) mass is 916 g/mol. The molecule has 17 heteroatoms. The summed E-state index contributed by atoms with van der Waals surface area (Å²) in [5, 5.41) is 19.2. The first kappa shape index (κ1) is 46.0. The molecule has 1 amide bonds. The van der Waals surface area contributed by atoms with Crippen molar-refractivity contribution in [3.05, 3.63) is 155 Å². The molecule has 0 aliphatic carbocycles. The molecular weight excluding hydrogens is 869 g/mol. The van der Waals surface area contributed by atoms with Crippen LogP contribution in [0.25, 0.3) is 0 Å². The number of piperidine rings is 1. The van der Waals surface area contributed by atoms with Crippen molar-refractivity contribution in [2.24, 2.45) is 0 Å². The van der Waals surface area contributed by atoms with Crippen LogP contribution < -0.4 is 19.7 Å². The molecule has 1 aromatic heterocycles. The number of nitrogens with zero attached hydrogens (tertiary/aromatic N) is 4. The quantitative estimate of drug-likeness (QED) is 0.0831. The number of aromatic nitrogens is 1. The normalized spacial score (nSPS) is 13.1. The van der Waals surface area contributed by atoms with E-state index in [1.807, 2.05) is 6.07 Å². The molecule has 2 heterocycles. The Bertz CT molecular complexity index is 2960. The van der Waals surface area contributed by atoms with Gasteiger partial charge in [0, 0.05) is 31.3 Å². The zero-order chi connectivity index (χ0) is 46.1. The second kappa shape index (κ2) is 20.2. The van der Waals surface area contributed by atoms with Gasteiger partial charge in [-0.2, -0.15) is 9.57 Å². The second-order valence-corrected chi connectivity index (χ2v) is 19.3. The van der Waals surface area contributed by atoms with E-state index in [4.69, 9.17) is 14.0 Å². The lowest BCUT2D eigenvalue weighted by molar-refractivity contribution is -0.114. The number of hydrogen-bond acceptors (Lipinski definition) is 12. The van der Waals surface area contributed by atoms with Crippen LogP contribution in [0.1, 0.15) is 63.3 Å².